The Balaban J connectivity index is 2.83. The zero-order valence-electron chi connectivity index (χ0n) is 13.1. The minimum atomic E-state index is 0.514. The second-order valence-corrected chi connectivity index (χ2v) is 5.79. The van der Waals surface area contributed by atoms with Gasteiger partial charge in [0, 0.05) is 12.5 Å². The lowest BCUT2D eigenvalue weighted by atomic mass is 9.85. The van der Waals surface area contributed by atoms with Gasteiger partial charge in [-0.2, -0.15) is 0 Å². The molecular weight excluding hydrogens is 234 g/mol. The second kappa shape index (κ2) is 8.21. The molecule has 0 amide bonds. The number of hydrogen-bond acceptors (Lipinski definition) is 2. The maximum Gasteiger partial charge on any atom is 0.122 e. The van der Waals surface area contributed by atoms with Crippen molar-refractivity contribution in [3.05, 3.63) is 29.8 Å². The first-order valence-corrected chi connectivity index (χ1v) is 7.43. The van der Waals surface area contributed by atoms with Crippen molar-refractivity contribution in [3.8, 4) is 5.75 Å². The van der Waals surface area contributed by atoms with Crippen LogP contribution in [0.15, 0.2) is 24.3 Å². The highest BCUT2D eigenvalue weighted by atomic mass is 16.5. The lowest BCUT2D eigenvalue weighted by molar-refractivity contribution is 0.373. The number of rotatable bonds is 8. The van der Waals surface area contributed by atoms with Gasteiger partial charge >= 0.3 is 0 Å². The van der Waals surface area contributed by atoms with Crippen molar-refractivity contribution in [2.75, 3.05) is 20.2 Å². The second-order valence-electron chi connectivity index (χ2n) is 5.79. The normalized spacial score (nSPS) is 14.4. The van der Waals surface area contributed by atoms with Gasteiger partial charge in [-0.15, -0.1) is 0 Å². The maximum atomic E-state index is 5.52. The lowest BCUT2D eigenvalue weighted by Gasteiger charge is -2.26. The third-order valence-corrected chi connectivity index (χ3v) is 3.79. The molecule has 0 radical (unpaired) electrons. The Labute approximate surface area is 118 Å². The van der Waals surface area contributed by atoms with E-state index in [4.69, 9.17) is 4.74 Å². The van der Waals surface area contributed by atoms with Gasteiger partial charge in [-0.3, -0.25) is 0 Å². The molecule has 1 N–H and O–H groups in total. The van der Waals surface area contributed by atoms with Gasteiger partial charge in [-0.05, 0) is 30.0 Å². The van der Waals surface area contributed by atoms with Crippen molar-refractivity contribution in [2.24, 2.45) is 11.8 Å². The van der Waals surface area contributed by atoms with Crippen LogP contribution in [0.4, 0.5) is 0 Å². The summed E-state index contributed by atoms with van der Waals surface area (Å²) in [6.45, 7) is 11.2. The van der Waals surface area contributed by atoms with Crippen LogP contribution in [0.1, 0.15) is 45.6 Å². The van der Waals surface area contributed by atoms with Crippen LogP contribution in [0.5, 0.6) is 5.75 Å². The first-order valence-electron chi connectivity index (χ1n) is 7.43. The van der Waals surface area contributed by atoms with E-state index in [-0.39, 0.29) is 0 Å². The summed E-state index contributed by atoms with van der Waals surface area (Å²) in [5.41, 5.74) is 1.33. The molecule has 0 saturated carbocycles. The molecule has 0 aliphatic rings. The van der Waals surface area contributed by atoms with Crippen LogP contribution in [0.3, 0.4) is 0 Å². The van der Waals surface area contributed by atoms with Gasteiger partial charge < -0.3 is 10.1 Å². The number of nitrogens with one attached hydrogen (secondary N) is 1. The monoisotopic (exact) mass is 263 g/mol. The first-order chi connectivity index (χ1) is 9.10. The highest BCUT2D eigenvalue weighted by Gasteiger charge is 2.20. The van der Waals surface area contributed by atoms with Crippen molar-refractivity contribution < 1.29 is 4.74 Å². The third kappa shape index (κ3) is 4.87. The van der Waals surface area contributed by atoms with Crippen molar-refractivity contribution >= 4 is 0 Å². The van der Waals surface area contributed by atoms with Gasteiger partial charge in [0.1, 0.15) is 5.75 Å². The summed E-state index contributed by atoms with van der Waals surface area (Å²) in [6.07, 6.45) is 1.19. The molecule has 0 saturated heterocycles. The Morgan fingerprint density at radius 2 is 1.79 bits per heavy atom. The van der Waals surface area contributed by atoms with Gasteiger partial charge in [-0.1, -0.05) is 52.3 Å². The quantitative estimate of drug-likeness (QED) is 0.763. The molecule has 108 valence electrons. The molecule has 0 aliphatic carbocycles. The molecule has 0 fully saturated rings. The summed E-state index contributed by atoms with van der Waals surface area (Å²) in [7, 11) is 1.76. The van der Waals surface area contributed by atoms with E-state index in [1.165, 1.54) is 12.0 Å². The van der Waals surface area contributed by atoms with Crippen molar-refractivity contribution in [3.63, 3.8) is 0 Å². The minimum Gasteiger partial charge on any atom is -0.496 e. The molecule has 0 heterocycles. The zero-order valence-corrected chi connectivity index (χ0v) is 13.1. The predicted octanol–water partition coefficient (Wildman–Crippen LogP) is 4.07. The lowest BCUT2D eigenvalue weighted by Crippen LogP contribution is -2.28. The molecule has 0 bridgehead atoms. The van der Waals surface area contributed by atoms with Crippen LogP contribution in [-0.4, -0.2) is 20.2 Å². The Morgan fingerprint density at radius 3 is 2.37 bits per heavy atom. The minimum absolute atomic E-state index is 0.514. The van der Waals surface area contributed by atoms with E-state index in [0.717, 1.165) is 18.8 Å². The number of ether oxygens (including phenoxy) is 1. The summed E-state index contributed by atoms with van der Waals surface area (Å²) in [4.78, 5) is 0. The van der Waals surface area contributed by atoms with Crippen molar-refractivity contribution in [2.45, 2.75) is 40.0 Å². The molecule has 1 rings (SSSR count). The van der Waals surface area contributed by atoms with E-state index in [9.17, 15) is 0 Å². The molecule has 0 aliphatic heterocycles. The van der Waals surface area contributed by atoms with Crippen LogP contribution >= 0.6 is 0 Å². The first kappa shape index (κ1) is 16.0. The average Bonchev–Trinajstić information content (AvgIpc) is 2.42. The third-order valence-electron chi connectivity index (χ3n) is 3.79. The van der Waals surface area contributed by atoms with E-state index in [1.807, 2.05) is 6.07 Å². The molecule has 1 aromatic carbocycles. The van der Waals surface area contributed by atoms with Crippen molar-refractivity contribution in [1.82, 2.24) is 5.32 Å². The molecule has 0 aromatic heterocycles. The summed E-state index contributed by atoms with van der Waals surface area (Å²) < 4.78 is 5.52. The molecule has 19 heavy (non-hydrogen) atoms. The Hall–Kier alpha value is -1.02. The number of hydrogen-bond donors (Lipinski definition) is 1. The SMILES string of the molecule is CCC(C)C(CNCC(C)C)c1ccccc1OC. The Kier molecular flexibility index (Phi) is 6.93. The topological polar surface area (TPSA) is 21.3 Å². The standard InChI is InChI=1S/C17H29NO/c1-6-14(4)16(12-18-11-13(2)3)15-9-7-8-10-17(15)19-5/h7-10,13-14,16,18H,6,11-12H2,1-5H3. The largest absolute Gasteiger partial charge is 0.496 e. The zero-order chi connectivity index (χ0) is 14.3. The van der Waals surface area contributed by atoms with Gasteiger partial charge in [0.2, 0.25) is 0 Å². The average molecular weight is 263 g/mol. The summed E-state index contributed by atoms with van der Waals surface area (Å²) in [5.74, 6) is 2.87. The summed E-state index contributed by atoms with van der Waals surface area (Å²) in [6, 6.07) is 8.41. The van der Waals surface area contributed by atoms with E-state index in [1.54, 1.807) is 7.11 Å². The van der Waals surface area contributed by atoms with Gasteiger partial charge in [-0.25, -0.2) is 0 Å². The molecular formula is C17H29NO. The fraction of sp³-hybridized carbons (Fsp3) is 0.647. The molecule has 2 atom stereocenters. The fourth-order valence-electron chi connectivity index (χ4n) is 2.40. The highest BCUT2D eigenvalue weighted by Crippen LogP contribution is 2.32. The van der Waals surface area contributed by atoms with Crippen LogP contribution in [0, 0.1) is 11.8 Å². The van der Waals surface area contributed by atoms with Crippen LogP contribution in [0.2, 0.25) is 0 Å². The number of methoxy groups -OCH3 is 1. The van der Waals surface area contributed by atoms with E-state index in [0.29, 0.717) is 17.8 Å². The van der Waals surface area contributed by atoms with Gasteiger partial charge in [0.05, 0.1) is 7.11 Å². The predicted molar refractivity (Wildman–Crippen MR) is 82.9 cm³/mol. The Morgan fingerprint density at radius 1 is 1.11 bits per heavy atom. The smallest absolute Gasteiger partial charge is 0.122 e. The van der Waals surface area contributed by atoms with Crippen LogP contribution in [-0.2, 0) is 0 Å². The number of benzene rings is 1. The maximum absolute atomic E-state index is 5.52. The van der Waals surface area contributed by atoms with Gasteiger partial charge in [0.15, 0.2) is 0 Å². The van der Waals surface area contributed by atoms with Crippen LogP contribution < -0.4 is 10.1 Å². The van der Waals surface area contributed by atoms with Crippen LogP contribution in [0.25, 0.3) is 0 Å². The van der Waals surface area contributed by atoms with Gasteiger partial charge in [0.25, 0.3) is 0 Å². The molecule has 0 spiro atoms. The highest BCUT2D eigenvalue weighted by molar-refractivity contribution is 5.36. The molecule has 2 unspecified atom stereocenters. The molecule has 2 nitrogen and oxygen atoms in total. The Bertz CT molecular complexity index is 362. The van der Waals surface area contributed by atoms with E-state index >= 15 is 0 Å². The fourth-order valence-corrected chi connectivity index (χ4v) is 2.40. The molecule has 1 aromatic rings. The number of para-hydroxylation sites is 1. The molecule has 2 heteroatoms. The van der Waals surface area contributed by atoms with E-state index < -0.39 is 0 Å². The van der Waals surface area contributed by atoms with E-state index in [2.05, 4.69) is 51.2 Å². The van der Waals surface area contributed by atoms with Crippen molar-refractivity contribution in [1.29, 1.82) is 0 Å². The summed E-state index contributed by atoms with van der Waals surface area (Å²) >= 11 is 0. The summed E-state index contributed by atoms with van der Waals surface area (Å²) in [5, 5.41) is 3.59.